The molecule has 0 spiro atoms. The maximum absolute atomic E-state index is 5.06. The van der Waals surface area contributed by atoms with Crippen LogP contribution in [0.15, 0.2) is 6.33 Å². The van der Waals surface area contributed by atoms with Crippen molar-refractivity contribution in [2.45, 2.75) is 18.5 Å². The van der Waals surface area contributed by atoms with E-state index in [1.54, 1.807) is 11.0 Å². The van der Waals surface area contributed by atoms with Gasteiger partial charge in [-0.05, 0) is 23.9 Å². The van der Waals surface area contributed by atoms with Crippen molar-refractivity contribution < 1.29 is 4.84 Å². The Kier molecular flexibility index (Phi) is 2.71. The second-order valence-electron chi connectivity index (χ2n) is 3.61. The molecule has 1 saturated heterocycles. The van der Waals surface area contributed by atoms with Crippen molar-refractivity contribution in [3.05, 3.63) is 6.33 Å². The standard InChI is InChI=1S/C7H14N6O/c1-12-3-6(2-7(12)4-14-8)13-5-9-10-11-13/h5-7H,2-4,8H2,1H3/t6-,7+/m0/s1. The third-order valence-electron chi connectivity index (χ3n) is 2.69. The third-order valence-corrected chi connectivity index (χ3v) is 2.69. The van der Waals surface area contributed by atoms with Crippen LogP contribution in [-0.2, 0) is 4.84 Å². The highest BCUT2D eigenvalue weighted by Crippen LogP contribution is 2.24. The number of rotatable bonds is 3. The Morgan fingerprint density at radius 1 is 1.64 bits per heavy atom. The van der Waals surface area contributed by atoms with Gasteiger partial charge in [0, 0.05) is 12.6 Å². The molecule has 1 aromatic rings. The fourth-order valence-electron chi connectivity index (χ4n) is 1.88. The SMILES string of the molecule is CN1C[C@@H](n2cnnn2)C[C@@H]1CON. The molecule has 0 aromatic carbocycles. The highest BCUT2D eigenvalue weighted by molar-refractivity contribution is 4.85. The van der Waals surface area contributed by atoms with E-state index in [4.69, 9.17) is 5.90 Å². The monoisotopic (exact) mass is 198 g/mol. The summed E-state index contributed by atoms with van der Waals surface area (Å²) in [5.74, 6) is 5.06. The fraction of sp³-hybridized carbons (Fsp3) is 0.857. The van der Waals surface area contributed by atoms with E-state index in [1.807, 2.05) is 7.05 Å². The maximum atomic E-state index is 5.06. The van der Waals surface area contributed by atoms with Crippen LogP contribution in [-0.4, -0.2) is 51.3 Å². The van der Waals surface area contributed by atoms with Crippen molar-refractivity contribution in [3.8, 4) is 0 Å². The van der Waals surface area contributed by atoms with Gasteiger partial charge in [-0.15, -0.1) is 5.10 Å². The van der Waals surface area contributed by atoms with Gasteiger partial charge in [-0.1, -0.05) is 0 Å². The number of aromatic nitrogens is 4. The van der Waals surface area contributed by atoms with Gasteiger partial charge in [0.15, 0.2) is 0 Å². The molecule has 2 atom stereocenters. The molecule has 0 saturated carbocycles. The Morgan fingerprint density at radius 2 is 2.50 bits per heavy atom. The third kappa shape index (κ3) is 1.74. The predicted molar refractivity (Wildman–Crippen MR) is 48.0 cm³/mol. The van der Waals surface area contributed by atoms with Crippen LogP contribution >= 0.6 is 0 Å². The smallest absolute Gasteiger partial charge is 0.138 e. The quantitative estimate of drug-likeness (QED) is 0.615. The summed E-state index contributed by atoms with van der Waals surface area (Å²) in [7, 11) is 2.05. The zero-order valence-corrected chi connectivity index (χ0v) is 8.08. The molecule has 1 aliphatic rings. The minimum absolute atomic E-state index is 0.329. The van der Waals surface area contributed by atoms with Crippen LogP contribution in [0.4, 0.5) is 0 Å². The topological polar surface area (TPSA) is 82.1 Å². The molecule has 2 rings (SSSR count). The minimum atomic E-state index is 0.329. The molecule has 2 heterocycles. The second-order valence-corrected chi connectivity index (χ2v) is 3.61. The highest BCUT2D eigenvalue weighted by atomic mass is 16.6. The second kappa shape index (κ2) is 3.99. The molecule has 7 heteroatoms. The number of nitrogens with two attached hydrogens (primary N) is 1. The van der Waals surface area contributed by atoms with Gasteiger partial charge >= 0.3 is 0 Å². The first-order valence-electron chi connectivity index (χ1n) is 4.55. The van der Waals surface area contributed by atoms with Crippen LogP contribution < -0.4 is 5.90 Å². The van der Waals surface area contributed by atoms with E-state index in [2.05, 4.69) is 25.3 Å². The van der Waals surface area contributed by atoms with Crippen molar-refractivity contribution >= 4 is 0 Å². The molecular weight excluding hydrogens is 184 g/mol. The molecule has 1 fully saturated rings. The van der Waals surface area contributed by atoms with Gasteiger partial charge in [-0.2, -0.15) is 0 Å². The summed E-state index contributed by atoms with van der Waals surface area (Å²) >= 11 is 0. The first-order chi connectivity index (χ1) is 6.81. The van der Waals surface area contributed by atoms with Crippen LogP contribution in [0.25, 0.3) is 0 Å². The van der Waals surface area contributed by atoms with Crippen LogP contribution in [0.1, 0.15) is 12.5 Å². The Bertz CT molecular complexity index is 276. The highest BCUT2D eigenvalue weighted by Gasteiger charge is 2.31. The van der Waals surface area contributed by atoms with Gasteiger partial charge < -0.3 is 4.84 Å². The van der Waals surface area contributed by atoms with Crippen molar-refractivity contribution in [2.24, 2.45) is 5.90 Å². The lowest BCUT2D eigenvalue weighted by molar-refractivity contribution is 0.0870. The zero-order valence-electron chi connectivity index (χ0n) is 8.08. The minimum Gasteiger partial charge on any atom is -0.303 e. The summed E-state index contributed by atoms with van der Waals surface area (Å²) in [5, 5.41) is 11.1. The van der Waals surface area contributed by atoms with Gasteiger partial charge in [0.2, 0.25) is 0 Å². The van der Waals surface area contributed by atoms with Crippen LogP contribution in [0.2, 0.25) is 0 Å². The van der Waals surface area contributed by atoms with E-state index in [9.17, 15) is 0 Å². The van der Waals surface area contributed by atoms with Crippen LogP contribution in [0.5, 0.6) is 0 Å². The van der Waals surface area contributed by atoms with E-state index in [1.165, 1.54) is 0 Å². The summed E-state index contributed by atoms with van der Waals surface area (Å²) in [6.45, 7) is 1.48. The van der Waals surface area contributed by atoms with E-state index >= 15 is 0 Å². The number of likely N-dealkylation sites (tertiary alicyclic amines) is 1. The Morgan fingerprint density at radius 3 is 3.14 bits per heavy atom. The van der Waals surface area contributed by atoms with Gasteiger partial charge in [-0.25, -0.2) is 10.6 Å². The molecule has 0 radical (unpaired) electrons. The van der Waals surface area contributed by atoms with Crippen molar-refractivity contribution in [1.82, 2.24) is 25.1 Å². The Labute approximate surface area is 81.8 Å². The lowest BCUT2D eigenvalue weighted by Gasteiger charge is -2.16. The fourth-order valence-corrected chi connectivity index (χ4v) is 1.88. The molecule has 14 heavy (non-hydrogen) atoms. The lowest BCUT2D eigenvalue weighted by atomic mass is 10.2. The summed E-state index contributed by atoms with van der Waals surface area (Å²) in [6, 6.07) is 0.685. The number of hydrogen-bond donors (Lipinski definition) is 1. The summed E-state index contributed by atoms with van der Waals surface area (Å²) < 4.78 is 1.78. The maximum Gasteiger partial charge on any atom is 0.138 e. The first-order valence-corrected chi connectivity index (χ1v) is 4.55. The van der Waals surface area contributed by atoms with E-state index in [-0.39, 0.29) is 0 Å². The summed E-state index contributed by atoms with van der Waals surface area (Å²) in [4.78, 5) is 6.87. The van der Waals surface area contributed by atoms with Gasteiger partial charge in [0.1, 0.15) is 6.33 Å². The van der Waals surface area contributed by atoms with E-state index < -0.39 is 0 Å². The molecule has 78 valence electrons. The molecule has 2 N–H and O–H groups in total. The lowest BCUT2D eigenvalue weighted by Crippen LogP contribution is -2.30. The van der Waals surface area contributed by atoms with Crippen molar-refractivity contribution in [2.75, 3.05) is 20.2 Å². The molecule has 0 amide bonds. The molecule has 0 bridgehead atoms. The number of likely N-dealkylation sites (N-methyl/N-ethyl adjacent to an activating group) is 1. The van der Waals surface area contributed by atoms with Crippen LogP contribution in [0, 0.1) is 0 Å². The summed E-state index contributed by atoms with van der Waals surface area (Å²) in [5.41, 5.74) is 0. The largest absolute Gasteiger partial charge is 0.303 e. The Hall–Kier alpha value is -1.05. The van der Waals surface area contributed by atoms with E-state index in [0.717, 1.165) is 13.0 Å². The van der Waals surface area contributed by atoms with Gasteiger partial charge in [0.25, 0.3) is 0 Å². The molecule has 1 aromatic heterocycles. The van der Waals surface area contributed by atoms with Gasteiger partial charge in [-0.3, -0.25) is 4.90 Å². The van der Waals surface area contributed by atoms with Crippen molar-refractivity contribution in [1.29, 1.82) is 0 Å². The molecular formula is C7H14N6O. The normalized spacial score (nSPS) is 28.4. The first kappa shape index (κ1) is 9.50. The number of hydrogen-bond acceptors (Lipinski definition) is 6. The average Bonchev–Trinajstić information content (AvgIpc) is 2.76. The molecule has 1 aliphatic heterocycles. The number of nitrogens with zero attached hydrogens (tertiary/aromatic N) is 5. The van der Waals surface area contributed by atoms with Crippen molar-refractivity contribution in [3.63, 3.8) is 0 Å². The zero-order chi connectivity index (χ0) is 9.97. The molecule has 7 nitrogen and oxygen atoms in total. The summed E-state index contributed by atoms with van der Waals surface area (Å²) in [6.07, 6.45) is 2.61. The average molecular weight is 198 g/mol. The number of tetrazole rings is 1. The predicted octanol–water partition coefficient (Wildman–Crippen LogP) is -1.19. The molecule has 0 aliphatic carbocycles. The van der Waals surface area contributed by atoms with Crippen LogP contribution in [0.3, 0.4) is 0 Å². The Balaban J connectivity index is 1.99. The molecule has 0 unspecified atom stereocenters. The van der Waals surface area contributed by atoms with Gasteiger partial charge in [0.05, 0.1) is 12.6 Å². The van der Waals surface area contributed by atoms with E-state index in [0.29, 0.717) is 18.7 Å².